The van der Waals surface area contributed by atoms with Gasteiger partial charge in [-0.15, -0.1) is 10.2 Å². The molecule has 5 rings (SSSR count). The fourth-order valence-electron chi connectivity index (χ4n) is 3.85. The predicted molar refractivity (Wildman–Crippen MR) is 132 cm³/mol. The van der Waals surface area contributed by atoms with Crippen LogP contribution in [0, 0.1) is 5.82 Å². The second-order valence-electron chi connectivity index (χ2n) is 7.89. The first-order chi connectivity index (χ1) is 17.1. The Morgan fingerprint density at radius 1 is 0.971 bits per heavy atom. The molecule has 1 saturated heterocycles. The van der Waals surface area contributed by atoms with E-state index in [1.54, 1.807) is 46.1 Å². The molecule has 8 nitrogen and oxygen atoms in total. The van der Waals surface area contributed by atoms with E-state index in [9.17, 15) is 14.0 Å². The van der Waals surface area contributed by atoms with Gasteiger partial charge in [-0.1, -0.05) is 11.8 Å². The fourth-order valence-corrected chi connectivity index (χ4v) is 4.60. The largest absolute Gasteiger partial charge is 0.325 e. The molecule has 10 heteroatoms. The summed E-state index contributed by atoms with van der Waals surface area (Å²) in [7, 11) is 0. The minimum Gasteiger partial charge on any atom is -0.325 e. The Hall–Kier alpha value is -4.05. The summed E-state index contributed by atoms with van der Waals surface area (Å²) >= 11 is 1.23. The summed E-state index contributed by atoms with van der Waals surface area (Å²) in [4.78, 5) is 30.3. The zero-order valence-electron chi connectivity index (χ0n) is 18.6. The maximum absolute atomic E-state index is 13.5. The number of hydrogen-bond donors (Lipinski definition) is 1. The molecule has 176 valence electrons. The van der Waals surface area contributed by atoms with Crippen LogP contribution >= 0.6 is 11.8 Å². The maximum Gasteiger partial charge on any atom is 0.234 e. The number of halogens is 1. The van der Waals surface area contributed by atoms with Crippen LogP contribution in [-0.2, 0) is 9.59 Å². The van der Waals surface area contributed by atoms with Crippen LogP contribution in [0.25, 0.3) is 17.1 Å². The summed E-state index contributed by atoms with van der Waals surface area (Å²) in [6, 6.07) is 16.9. The van der Waals surface area contributed by atoms with Crippen molar-refractivity contribution in [1.29, 1.82) is 0 Å². The first-order valence-electron chi connectivity index (χ1n) is 11.0. The molecule has 0 unspecified atom stereocenters. The van der Waals surface area contributed by atoms with Gasteiger partial charge < -0.3 is 10.2 Å². The number of benzene rings is 2. The van der Waals surface area contributed by atoms with Crippen molar-refractivity contribution in [2.24, 2.45) is 0 Å². The van der Waals surface area contributed by atoms with E-state index in [1.165, 1.54) is 23.9 Å². The van der Waals surface area contributed by atoms with Crippen LogP contribution in [0.3, 0.4) is 0 Å². The number of carbonyl (C=O) groups is 2. The molecule has 1 aliphatic rings. The Morgan fingerprint density at radius 3 is 2.37 bits per heavy atom. The molecule has 0 spiro atoms. The number of aromatic nitrogens is 4. The quantitative estimate of drug-likeness (QED) is 0.390. The number of hydrogen-bond acceptors (Lipinski definition) is 6. The Morgan fingerprint density at radius 2 is 1.69 bits per heavy atom. The molecule has 2 aromatic heterocycles. The van der Waals surface area contributed by atoms with Crippen LogP contribution < -0.4 is 10.2 Å². The van der Waals surface area contributed by atoms with Crippen molar-refractivity contribution in [2.75, 3.05) is 22.5 Å². The summed E-state index contributed by atoms with van der Waals surface area (Å²) in [6.07, 6.45) is 4.75. The zero-order valence-corrected chi connectivity index (χ0v) is 19.4. The molecule has 35 heavy (non-hydrogen) atoms. The molecule has 0 aliphatic carbocycles. The van der Waals surface area contributed by atoms with Crippen molar-refractivity contribution in [3.8, 4) is 17.1 Å². The third kappa shape index (κ3) is 5.07. The molecule has 1 N–H and O–H groups in total. The van der Waals surface area contributed by atoms with E-state index in [1.807, 2.05) is 24.3 Å². The minimum absolute atomic E-state index is 0.0992. The van der Waals surface area contributed by atoms with Crippen LogP contribution in [0.4, 0.5) is 15.8 Å². The van der Waals surface area contributed by atoms with Gasteiger partial charge in [0.15, 0.2) is 11.0 Å². The van der Waals surface area contributed by atoms with Gasteiger partial charge in [0.25, 0.3) is 0 Å². The third-order valence-electron chi connectivity index (χ3n) is 5.53. The second kappa shape index (κ2) is 10.1. The van der Waals surface area contributed by atoms with Gasteiger partial charge in [-0.25, -0.2) is 4.39 Å². The predicted octanol–water partition coefficient (Wildman–Crippen LogP) is 4.33. The van der Waals surface area contributed by atoms with E-state index >= 15 is 0 Å². The van der Waals surface area contributed by atoms with Crippen LogP contribution in [0.1, 0.15) is 12.8 Å². The van der Waals surface area contributed by atoms with E-state index in [0.717, 1.165) is 24.2 Å². The standard InChI is InChI=1S/C25H21FN6O2S/c26-18-3-7-21(8-4-18)32-24(17-11-13-27-14-12-17)29-30-25(32)35-16-22(33)28-19-5-9-20(10-6-19)31-15-1-2-23(31)34/h3-14H,1-2,15-16H2,(H,28,33). The van der Waals surface area contributed by atoms with E-state index in [2.05, 4.69) is 20.5 Å². The van der Waals surface area contributed by atoms with Crippen molar-refractivity contribution < 1.29 is 14.0 Å². The van der Waals surface area contributed by atoms with Gasteiger partial charge in [-0.05, 0) is 67.1 Å². The van der Waals surface area contributed by atoms with Crippen molar-refractivity contribution in [2.45, 2.75) is 18.0 Å². The lowest BCUT2D eigenvalue weighted by molar-refractivity contribution is -0.117. The monoisotopic (exact) mass is 488 g/mol. The SMILES string of the molecule is O=C(CSc1nnc(-c2ccncc2)n1-c1ccc(F)cc1)Nc1ccc(N2CCCC2=O)cc1. The van der Waals surface area contributed by atoms with Crippen molar-refractivity contribution in [3.05, 3.63) is 78.9 Å². The number of nitrogens with one attached hydrogen (secondary N) is 1. The van der Waals surface area contributed by atoms with Gasteiger partial charge in [0.2, 0.25) is 11.8 Å². The fraction of sp³-hybridized carbons (Fsp3) is 0.160. The molecular weight excluding hydrogens is 467 g/mol. The van der Waals surface area contributed by atoms with Gasteiger partial charge in [0, 0.05) is 48.0 Å². The van der Waals surface area contributed by atoms with Crippen molar-refractivity contribution in [3.63, 3.8) is 0 Å². The number of thioether (sulfide) groups is 1. The number of carbonyl (C=O) groups excluding carboxylic acids is 2. The summed E-state index contributed by atoms with van der Waals surface area (Å²) < 4.78 is 15.3. The van der Waals surface area contributed by atoms with Crippen LogP contribution in [0.2, 0.25) is 0 Å². The average Bonchev–Trinajstić information content (AvgIpc) is 3.50. The molecule has 4 aromatic rings. The highest BCUT2D eigenvalue weighted by Gasteiger charge is 2.21. The van der Waals surface area contributed by atoms with Gasteiger partial charge in [0.05, 0.1) is 5.75 Å². The zero-order chi connectivity index (χ0) is 24.2. The van der Waals surface area contributed by atoms with Crippen molar-refractivity contribution >= 4 is 35.0 Å². The van der Waals surface area contributed by atoms with E-state index in [4.69, 9.17) is 0 Å². The van der Waals surface area contributed by atoms with Crippen LogP contribution in [0.5, 0.6) is 0 Å². The third-order valence-corrected chi connectivity index (χ3v) is 6.45. The Balaban J connectivity index is 1.30. The molecule has 2 amide bonds. The smallest absolute Gasteiger partial charge is 0.234 e. The summed E-state index contributed by atoms with van der Waals surface area (Å²) in [5.74, 6) is 0.228. The highest BCUT2D eigenvalue weighted by molar-refractivity contribution is 7.99. The topological polar surface area (TPSA) is 93.0 Å². The molecule has 0 saturated carbocycles. The van der Waals surface area contributed by atoms with Gasteiger partial charge in [-0.3, -0.25) is 19.1 Å². The first-order valence-corrected chi connectivity index (χ1v) is 12.0. The first kappa shape index (κ1) is 22.7. The van der Waals surface area contributed by atoms with E-state index in [-0.39, 0.29) is 23.4 Å². The van der Waals surface area contributed by atoms with Crippen LogP contribution in [0.15, 0.2) is 78.2 Å². The molecular formula is C25H21FN6O2S. The highest BCUT2D eigenvalue weighted by Crippen LogP contribution is 2.28. The number of nitrogens with zero attached hydrogens (tertiary/aromatic N) is 5. The lowest BCUT2D eigenvalue weighted by Crippen LogP contribution is -2.23. The summed E-state index contributed by atoms with van der Waals surface area (Å²) in [5, 5.41) is 12.0. The van der Waals surface area contributed by atoms with E-state index < -0.39 is 0 Å². The number of amides is 2. The lowest BCUT2D eigenvalue weighted by atomic mass is 10.2. The second-order valence-corrected chi connectivity index (χ2v) is 8.83. The number of pyridine rings is 1. The lowest BCUT2D eigenvalue weighted by Gasteiger charge is -2.16. The Bertz CT molecular complexity index is 1340. The van der Waals surface area contributed by atoms with Gasteiger partial charge in [-0.2, -0.15) is 0 Å². The van der Waals surface area contributed by atoms with Gasteiger partial charge in [0.1, 0.15) is 5.82 Å². The van der Waals surface area contributed by atoms with E-state index in [0.29, 0.717) is 28.8 Å². The summed E-state index contributed by atoms with van der Waals surface area (Å²) in [5.41, 5.74) is 2.95. The molecule has 1 aliphatic heterocycles. The minimum atomic E-state index is -0.346. The molecule has 2 aromatic carbocycles. The molecule has 0 atom stereocenters. The van der Waals surface area contributed by atoms with Crippen LogP contribution in [-0.4, -0.2) is 43.9 Å². The molecule has 3 heterocycles. The number of anilines is 2. The van der Waals surface area contributed by atoms with Gasteiger partial charge >= 0.3 is 0 Å². The Kier molecular flexibility index (Phi) is 6.53. The molecule has 1 fully saturated rings. The average molecular weight is 489 g/mol. The highest BCUT2D eigenvalue weighted by atomic mass is 32.2. The Labute approximate surface area is 205 Å². The normalized spacial score (nSPS) is 13.3. The molecule has 0 radical (unpaired) electrons. The van der Waals surface area contributed by atoms with Crippen molar-refractivity contribution in [1.82, 2.24) is 19.7 Å². The molecule has 0 bridgehead atoms. The summed E-state index contributed by atoms with van der Waals surface area (Å²) in [6.45, 7) is 0.720. The number of rotatable bonds is 7. The maximum atomic E-state index is 13.5.